The number of hydrogen-bond acceptors (Lipinski definition) is 3. The van der Waals surface area contributed by atoms with E-state index in [1.165, 1.54) is 13.2 Å². The highest BCUT2D eigenvalue weighted by molar-refractivity contribution is 6.62. The lowest BCUT2D eigenvalue weighted by Gasteiger charge is -2.32. The van der Waals surface area contributed by atoms with Crippen molar-refractivity contribution < 1.29 is 18.4 Å². The lowest BCUT2D eigenvalue weighted by Crippen LogP contribution is -2.41. The van der Waals surface area contributed by atoms with Crippen LogP contribution in [0.3, 0.4) is 0 Å². The maximum Gasteiger partial charge on any atom is 0.497 e. The molecule has 0 amide bonds. The van der Waals surface area contributed by atoms with Gasteiger partial charge in [-0.3, -0.25) is 0 Å². The summed E-state index contributed by atoms with van der Waals surface area (Å²) in [5, 5.41) is 0. The molecule has 1 fully saturated rings. The number of benzene rings is 1. The molecule has 2 rings (SSSR count). The molecule has 5 heteroatoms. The van der Waals surface area contributed by atoms with Crippen LogP contribution in [0.5, 0.6) is 5.75 Å². The van der Waals surface area contributed by atoms with Crippen LogP contribution >= 0.6 is 0 Å². The van der Waals surface area contributed by atoms with Crippen LogP contribution in [0.15, 0.2) is 12.1 Å². The second-order valence-electron chi connectivity index (χ2n) is 5.93. The first-order valence-electron chi connectivity index (χ1n) is 6.37. The van der Waals surface area contributed by atoms with Crippen LogP contribution in [0.25, 0.3) is 0 Å². The highest BCUT2D eigenvalue weighted by Crippen LogP contribution is 2.36. The zero-order valence-corrected chi connectivity index (χ0v) is 12.3. The Labute approximate surface area is 114 Å². The summed E-state index contributed by atoms with van der Waals surface area (Å²) in [4.78, 5) is 0. The van der Waals surface area contributed by atoms with Crippen LogP contribution in [0.2, 0.25) is 0 Å². The summed E-state index contributed by atoms with van der Waals surface area (Å²) in [7, 11) is 0.838. The second-order valence-corrected chi connectivity index (χ2v) is 5.93. The Hall–Kier alpha value is -1.07. The van der Waals surface area contributed by atoms with Gasteiger partial charge in [-0.2, -0.15) is 0 Å². The fourth-order valence-electron chi connectivity index (χ4n) is 2.06. The molecule has 19 heavy (non-hydrogen) atoms. The van der Waals surface area contributed by atoms with E-state index in [1.807, 2.05) is 34.6 Å². The standard InChI is InChI=1S/C14H20BFO3/c1-9-7-10(11(16)8-12(9)17-6)15-18-13(2,3)14(4,5)19-15/h7-8H,1-6H3. The van der Waals surface area contributed by atoms with Crippen molar-refractivity contribution in [2.24, 2.45) is 0 Å². The average molecular weight is 266 g/mol. The van der Waals surface area contributed by atoms with Crippen molar-refractivity contribution in [3.63, 3.8) is 0 Å². The monoisotopic (exact) mass is 266 g/mol. The molecule has 0 unspecified atom stereocenters. The van der Waals surface area contributed by atoms with E-state index < -0.39 is 18.3 Å². The van der Waals surface area contributed by atoms with E-state index in [2.05, 4.69) is 0 Å². The Bertz CT molecular complexity index is 484. The molecule has 0 spiro atoms. The predicted octanol–water partition coefficient (Wildman–Crippen LogP) is 2.44. The Morgan fingerprint density at radius 3 is 2.11 bits per heavy atom. The molecule has 1 heterocycles. The maximum atomic E-state index is 14.1. The highest BCUT2D eigenvalue weighted by atomic mass is 19.1. The van der Waals surface area contributed by atoms with E-state index in [0.29, 0.717) is 11.2 Å². The molecule has 1 saturated heterocycles. The van der Waals surface area contributed by atoms with Gasteiger partial charge >= 0.3 is 7.12 Å². The van der Waals surface area contributed by atoms with Crippen molar-refractivity contribution in [1.82, 2.24) is 0 Å². The average Bonchev–Trinajstić information content (AvgIpc) is 2.50. The number of hydrogen-bond donors (Lipinski definition) is 0. The van der Waals surface area contributed by atoms with Gasteiger partial charge in [0.2, 0.25) is 0 Å². The number of ether oxygens (including phenoxy) is 1. The van der Waals surface area contributed by atoms with Gasteiger partial charge in [-0.25, -0.2) is 4.39 Å². The molecule has 0 N–H and O–H groups in total. The summed E-state index contributed by atoms with van der Waals surface area (Å²) in [5.41, 5.74) is 0.321. The van der Waals surface area contributed by atoms with Crippen molar-refractivity contribution in [3.05, 3.63) is 23.5 Å². The van der Waals surface area contributed by atoms with Gasteiger partial charge in [-0.15, -0.1) is 0 Å². The minimum Gasteiger partial charge on any atom is -0.496 e. The first-order chi connectivity index (χ1) is 8.68. The summed E-state index contributed by atoms with van der Waals surface area (Å²) in [6, 6.07) is 3.09. The third-order valence-corrected chi connectivity index (χ3v) is 4.02. The van der Waals surface area contributed by atoms with E-state index in [4.69, 9.17) is 14.0 Å². The maximum absolute atomic E-state index is 14.1. The summed E-state index contributed by atoms with van der Waals surface area (Å²) >= 11 is 0. The molecule has 1 aromatic carbocycles. The van der Waals surface area contributed by atoms with Gasteiger partial charge in [0.15, 0.2) is 0 Å². The molecule has 0 aliphatic carbocycles. The molecule has 1 aliphatic rings. The van der Waals surface area contributed by atoms with Crippen LogP contribution < -0.4 is 10.2 Å². The van der Waals surface area contributed by atoms with E-state index in [9.17, 15) is 4.39 Å². The molecule has 0 radical (unpaired) electrons. The van der Waals surface area contributed by atoms with E-state index in [1.54, 1.807) is 6.07 Å². The summed E-state index contributed by atoms with van der Waals surface area (Å²) in [6.07, 6.45) is 0. The summed E-state index contributed by atoms with van der Waals surface area (Å²) in [6.45, 7) is 9.65. The number of aryl methyl sites for hydroxylation is 1. The second kappa shape index (κ2) is 4.49. The third-order valence-electron chi connectivity index (χ3n) is 4.02. The van der Waals surface area contributed by atoms with E-state index in [0.717, 1.165) is 5.56 Å². The molecule has 104 valence electrons. The van der Waals surface area contributed by atoms with E-state index in [-0.39, 0.29) is 5.82 Å². The van der Waals surface area contributed by atoms with Gasteiger partial charge in [0.05, 0.1) is 18.3 Å². The minimum atomic E-state index is -0.686. The summed E-state index contributed by atoms with van der Waals surface area (Å²) < 4.78 is 30.9. The predicted molar refractivity (Wildman–Crippen MR) is 73.4 cm³/mol. The molecule has 0 bridgehead atoms. The van der Waals surface area contributed by atoms with Gasteiger partial charge in [0, 0.05) is 11.5 Å². The van der Waals surface area contributed by atoms with Gasteiger partial charge in [-0.05, 0) is 40.2 Å². The Balaban J connectivity index is 2.37. The van der Waals surface area contributed by atoms with Crippen LogP contribution in [0.1, 0.15) is 33.3 Å². The number of rotatable bonds is 2. The van der Waals surface area contributed by atoms with Crippen molar-refractivity contribution >= 4 is 12.6 Å². The first-order valence-corrected chi connectivity index (χ1v) is 6.37. The lowest BCUT2D eigenvalue weighted by atomic mass is 9.78. The molecule has 3 nitrogen and oxygen atoms in total. The molecule has 0 saturated carbocycles. The normalized spacial score (nSPS) is 20.7. The molecule has 1 aromatic rings. The Morgan fingerprint density at radius 1 is 1.11 bits per heavy atom. The van der Waals surface area contributed by atoms with Gasteiger partial charge in [0.1, 0.15) is 11.6 Å². The van der Waals surface area contributed by atoms with E-state index >= 15 is 0 Å². The number of halogens is 1. The van der Waals surface area contributed by atoms with Gasteiger partial charge in [-0.1, -0.05) is 6.07 Å². The number of methoxy groups -OCH3 is 1. The van der Waals surface area contributed by atoms with Crippen molar-refractivity contribution in [2.45, 2.75) is 45.8 Å². The third kappa shape index (κ3) is 2.37. The molecular formula is C14H20BFO3. The van der Waals surface area contributed by atoms with Crippen molar-refractivity contribution in [3.8, 4) is 5.75 Å². The largest absolute Gasteiger partial charge is 0.497 e. The molecule has 0 atom stereocenters. The molecule has 1 aliphatic heterocycles. The van der Waals surface area contributed by atoms with Gasteiger partial charge in [0.25, 0.3) is 0 Å². The van der Waals surface area contributed by atoms with Gasteiger partial charge < -0.3 is 14.0 Å². The summed E-state index contributed by atoms with van der Waals surface area (Å²) in [5.74, 6) is 0.152. The van der Waals surface area contributed by atoms with Crippen LogP contribution in [-0.4, -0.2) is 25.4 Å². The zero-order chi connectivity index (χ0) is 14.4. The van der Waals surface area contributed by atoms with Crippen molar-refractivity contribution in [1.29, 1.82) is 0 Å². The fraction of sp³-hybridized carbons (Fsp3) is 0.571. The topological polar surface area (TPSA) is 27.7 Å². The van der Waals surface area contributed by atoms with Crippen molar-refractivity contribution in [2.75, 3.05) is 7.11 Å². The quantitative estimate of drug-likeness (QED) is 0.769. The Morgan fingerprint density at radius 2 is 1.63 bits per heavy atom. The van der Waals surface area contributed by atoms with Crippen LogP contribution in [-0.2, 0) is 9.31 Å². The fourth-order valence-corrected chi connectivity index (χ4v) is 2.06. The van der Waals surface area contributed by atoms with Crippen LogP contribution in [0, 0.1) is 12.7 Å². The van der Waals surface area contributed by atoms with Crippen LogP contribution in [0.4, 0.5) is 4.39 Å². The smallest absolute Gasteiger partial charge is 0.496 e. The lowest BCUT2D eigenvalue weighted by molar-refractivity contribution is 0.00578. The SMILES string of the molecule is COc1cc(F)c(B2OC(C)(C)C(C)(C)O2)cc1C. The zero-order valence-electron chi connectivity index (χ0n) is 12.3. The minimum absolute atomic E-state index is 0.374. The molecular weight excluding hydrogens is 246 g/mol. The molecule has 0 aromatic heterocycles. The Kier molecular flexibility index (Phi) is 3.39. The first kappa shape index (κ1) is 14.3. The highest BCUT2D eigenvalue weighted by Gasteiger charge is 2.52.